The SMILES string of the molecule is CCCCC[C@H](O)/C=C/[C@H]1C(=O)C=C[C@@H]1C/C=C\CCCC(=O)O[C@H](COC(=O)CCCCCCCCCCCCCCCCC(C)CC)COP(=O)(O)OC[C@@H](O)CO. The molecule has 348 valence electrons. The van der Waals surface area contributed by atoms with Gasteiger partial charge in [-0.25, -0.2) is 4.57 Å². The minimum Gasteiger partial charge on any atom is -0.462 e. The van der Waals surface area contributed by atoms with Crippen molar-refractivity contribution in [2.45, 2.75) is 200 Å². The number of allylic oxidation sites excluding steroid dienone is 5. The first-order chi connectivity index (χ1) is 28.9. The highest BCUT2D eigenvalue weighted by atomic mass is 31.2. The van der Waals surface area contributed by atoms with Gasteiger partial charge in [-0.2, -0.15) is 0 Å². The fraction of sp³-hybridized carbons (Fsp3) is 0.809. The van der Waals surface area contributed by atoms with Crippen LogP contribution in [0.15, 0.2) is 36.5 Å². The molecule has 0 heterocycles. The summed E-state index contributed by atoms with van der Waals surface area (Å²) in [6.45, 7) is 4.43. The van der Waals surface area contributed by atoms with Crippen molar-refractivity contribution in [1.29, 1.82) is 0 Å². The molecule has 0 saturated heterocycles. The molecule has 0 spiro atoms. The van der Waals surface area contributed by atoms with Gasteiger partial charge in [-0.3, -0.25) is 23.4 Å². The number of carbonyl (C=O) groups excluding carboxylic acids is 3. The number of aliphatic hydroxyl groups is 3. The molecular weight excluding hydrogens is 787 g/mol. The van der Waals surface area contributed by atoms with Crippen molar-refractivity contribution < 1.29 is 57.7 Å². The van der Waals surface area contributed by atoms with Crippen LogP contribution in [0.4, 0.5) is 0 Å². The Morgan fingerprint density at radius 1 is 0.767 bits per heavy atom. The molecular formula is C47H83O12P. The van der Waals surface area contributed by atoms with Gasteiger partial charge in [0.15, 0.2) is 11.9 Å². The monoisotopic (exact) mass is 871 g/mol. The molecule has 0 bridgehead atoms. The van der Waals surface area contributed by atoms with E-state index in [2.05, 4.69) is 25.3 Å². The summed E-state index contributed by atoms with van der Waals surface area (Å²) in [6, 6.07) is 0. The van der Waals surface area contributed by atoms with Crippen molar-refractivity contribution in [2.75, 3.05) is 26.4 Å². The zero-order valence-electron chi connectivity index (χ0n) is 37.4. The Bertz CT molecular complexity index is 1250. The molecule has 60 heavy (non-hydrogen) atoms. The molecule has 1 rings (SSSR count). The Balaban J connectivity index is 2.38. The van der Waals surface area contributed by atoms with E-state index in [1.807, 2.05) is 24.3 Å². The number of rotatable bonds is 40. The van der Waals surface area contributed by atoms with E-state index in [-0.39, 0.29) is 37.1 Å². The van der Waals surface area contributed by atoms with Crippen molar-refractivity contribution in [2.24, 2.45) is 17.8 Å². The van der Waals surface area contributed by atoms with Gasteiger partial charge in [-0.1, -0.05) is 167 Å². The summed E-state index contributed by atoms with van der Waals surface area (Å²) < 4.78 is 32.8. The second-order valence-corrected chi connectivity index (χ2v) is 18.1. The average Bonchev–Trinajstić information content (AvgIpc) is 3.59. The van der Waals surface area contributed by atoms with Crippen LogP contribution in [-0.2, 0) is 37.5 Å². The van der Waals surface area contributed by atoms with Gasteiger partial charge in [0.05, 0.1) is 25.9 Å². The van der Waals surface area contributed by atoms with Crippen LogP contribution in [-0.4, -0.2) is 82.7 Å². The van der Waals surface area contributed by atoms with Crippen LogP contribution in [0.25, 0.3) is 0 Å². The summed E-state index contributed by atoms with van der Waals surface area (Å²) in [5.74, 6) is -0.491. The molecule has 4 N–H and O–H groups in total. The Kier molecular flexibility index (Phi) is 33.8. The normalized spacial score (nSPS) is 18.6. The molecule has 0 fully saturated rings. The number of phosphoric acid groups is 1. The summed E-state index contributed by atoms with van der Waals surface area (Å²) in [7, 11) is -4.68. The van der Waals surface area contributed by atoms with Crippen LogP contribution >= 0.6 is 7.82 Å². The Morgan fingerprint density at radius 2 is 1.35 bits per heavy atom. The second kappa shape index (κ2) is 36.3. The van der Waals surface area contributed by atoms with E-state index in [1.54, 1.807) is 12.2 Å². The first-order valence-corrected chi connectivity index (χ1v) is 24.9. The fourth-order valence-corrected chi connectivity index (χ4v) is 7.75. The summed E-state index contributed by atoms with van der Waals surface area (Å²) >= 11 is 0. The van der Waals surface area contributed by atoms with Crippen LogP contribution < -0.4 is 0 Å². The average molecular weight is 871 g/mol. The zero-order valence-corrected chi connectivity index (χ0v) is 38.3. The number of ketones is 1. The molecule has 7 atom stereocenters. The second-order valence-electron chi connectivity index (χ2n) is 16.7. The summed E-state index contributed by atoms with van der Waals surface area (Å²) in [4.78, 5) is 47.6. The summed E-state index contributed by atoms with van der Waals surface area (Å²) in [6.07, 6.45) is 33.1. The van der Waals surface area contributed by atoms with E-state index >= 15 is 0 Å². The van der Waals surface area contributed by atoms with E-state index in [4.69, 9.17) is 19.1 Å². The van der Waals surface area contributed by atoms with Crippen molar-refractivity contribution >= 4 is 25.5 Å². The molecule has 0 saturated carbocycles. The minimum atomic E-state index is -4.68. The third-order valence-electron chi connectivity index (χ3n) is 11.1. The van der Waals surface area contributed by atoms with Gasteiger partial charge in [0.2, 0.25) is 0 Å². The largest absolute Gasteiger partial charge is 0.472 e. The first-order valence-electron chi connectivity index (χ1n) is 23.4. The zero-order chi connectivity index (χ0) is 44.3. The van der Waals surface area contributed by atoms with Gasteiger partial charge >= 0.3 is 19.8 Å². The van der Waals surface area contributed by atoms with E-state index in [9.17, 15) is 34.1 Å². The molecule has 0 aromatic carbocycles. The lowest BCUT2D eigenvalue weighted by atomic mass is 9.90. The number of carbonyl (C=O) groups is 3. The van der Waals surface area contributed by atoms with Crippen molar-refractivity contribution in [1.82, 2.24) is 0 Å². The third-order valence-corrected chi connectivity index (χ3v) is 12.0. The van der Waals surface area contributed by atoms with Crippen LogP contribution in [0, 0.1) is 17.8 Å². The Hall–Kier alpha value is -2.18. The first kappa shape index (κ1) is 55.8. The molecule has 2 unspecified atom stereocenters. The molecule has 1 aliphatic carbocycles. The topological polar surface area (TPSA) is 186 Å². The van der Waals surface area contributed by atoms with Gasteiger partial charge < -0.3 is 29.7 Å². The molecule has 0 aliphatic heterocycles. The highest BCUT2D eigenvalue weighted by Crippen LogP contribution is 2.43. The highest BCUT2D eigenvalue weighted by molar-refractivity contribution is 7.47. The lowest BCUT2D eigenvalue weighted by Gasteiger charge is -2.20. The van der Waals surface area contributed by atoms with Crippen molar-refractivity contribution in [3.63, 3.8) is 0 Å². The highest BCUT2D eigenvalue weighted by Gasteiger charge is 2.28. The van der Waals surface area contributed by atoms with Crippen LogP contribution in [0.1, 0.15) is 181 Å². The van der Waals surface area contributed by atoms with Gasteiger partial charge in [0.1, 0.15) is 12.7 Å². The molecule has 12 nitrogen and oxygen atoms in total. The quantitative estimate of drug-likeness (QED) is 0.0198. The van der Waals surface area contributed by atoms with E-state index < -0.39 is 57.9 Å². The predicted molar refractivity (Wildman–Crippen MR) is 237 cm³/mol. The van der Waals surface area contributed by atoms with Crippen LogP contribution in [0.3, 0.4) is 0 Å². The molecule has 0 radical (unpaired) electrons. The lowest BCUT2D eigenvalue weighted by molar-refractivity contribution is -0.161. The fourth-order valence-electron chi connectivity index (χ4n) is 6.96. The Labute approximate surface area is 362 Å². The standard InChI is InChI=1S/C47H83O12P/c1-4-6-21-28-41(49)32-33-44-40(31-34-45(44)51)27-23-19-20-25-30-47(53)59-43(38-58-60(54,55)57-36-42(50)35-48)37-56-46(52)29-24-18-16-14-12-10-8-7-9-11-13-15-17-22-26-39(3)5-2/h19,23,31-34,39-44,48-50H,4-18,20-22,24-30,35-38H2,1-3H3,(H,54,55)/b23-19-,33-32+/t39?,40-,41-,42-,43+,44+/m0/s1. The summed E-state index contributed by atoms with van der Waals surface area (Å²) in [5, 5.41) is 28.6. The number of aliphatic hydroxyl groups excluding tert-OH is 3. The number of phosphoric ester groups is 1. The van der Waals surface area contributed by atoms with E-state index in [0.29, 0.717) is 32.1 Å². The third kappa shape index (κ3) is 30.8. The van der Waals surface area contributed by atoms with Crippen molar-refractivity contribution in [3.05, 3.63) is 36.5 Å². The van der Waals surface area contributed by atoms with Crippen molar-refractivity contribution in [3.8, 4) is 0 Å². The van der Waals surface area contributed by atoms with Crippen LogP contribution in [0.2, 0.25) is 0 Å². The van der Waals surface area contributed by atoms with Gasteiger partial charge in [-0.15, -0.1) is 0 Å². The van der Waals surface area contributed by atoms with Gasteiger partial charge in [0.25, 0.3) is 0 Å². The maximum atomic E-state index is 12.7. The number of hydrogen-bond donors (Lipinski definition) is 4. The molecule has 0 aromatic heterocycles. The molecule has 0 amide bonds. The molecule has 1 aliphatic rings. The number of ether oxygens (including phenoxy) is 2. The van der Waals surface area contributed by atoms with Gasteiger partial charge in [0, 0.05) is 18.8 Å². The Morgan fingerprint density at radius 3 is 1.97 bits per heavy atom. The molecule has 0 aromatic rings. The predicted octanol–water partition coefficient (Wildman–Crippen LogP) is 10.2. The van der Waals surface area contributed by atoms with Crippen LogP contribution in [0.5, 0.6) is 0 Å². The minimum absolute atomic E-state index is 0.00182. The summed E-state index contributed by atoms with van der Waals surface area (Å²) in [5.41, 5.74) is 0. The number of esters is 2. The lowest BCUT2D eigenvalue weighted by Crippen LogP contribution is -2.29. The van der Waals surface area contributed by atoms with E-state index in [1.165, 1.54) is 77.0 Å². The maximum Gasteiger partial charge on any atom is 0.472 e. The smallest absolute Gasteiger partial charge is 0.462 e. The van der Waals surface area contributed by atoms with E-state index in [0.717, 1.165) is 44.4 Å². The maximum absolute atomic E-state index is 12.7. The molecule has 13 heteroatoms. The number of unbranched alkanes of at least 4 members (excludes halogenated alkanes) is 16. The van der Waals surface area contributed by atoms with Gasteiger partial charge in [-0.05, 0) is 50.0 Å². The number of hydrogen-bond acceptors (Lipinski definition) is 11.